The van der Waals surface area contributed by atoms with Gasteiger partial charge in [0.2, 0.25) is 0 Å². The van der Waals surface area contributed by atoms with Gasteiger partial charge >= 0.3 is 35.5 Å². The van der Waals surface area contributed by atoms with E-state index in [4.69, 9.17) is 5.11 Å². The van der Waals surface area contributed by atoms with Gasteiger partial charge in [-0.15, -0.1) is 0 Å². The second-order valence-corrected chi connectivity index (χ2v) is 7.69. The molecule has 0 amide bonds. The first-order valence-electron chi connectivity index (χ1n) is 9.21. The van der Waals surface area contributed by atoms with Crippen LogP contribution in [0.4, 0.5) is 0 Å². The second-order valence-electron chi connectivity index (χ2n) is 7.69. The average Bonchev–Trinajstić information content (AvgIpc) is 2.37. The van der Waals surface area contributed by atoms with E-state index in [1.807, 2.05) is 6.92 Å². The fourth-order valence-corrected chi connectivity index (χ4v) is 2.99. The van der Waals surface area contributed by atoms with Crippen LogP contribution in [0.3, 0.4) is 0 Å². The molecule has 4 N–H and O–H groups in total. The van der Waals surface area contributed by atoms with Crippen LogP contribution < -0.4 is 6.15 Å². The molecule has 4 heteroatoms. The molecule has 0 bridgehead atoms. The molecule has 140 valence electrons. The van der Waals surface area contributed by atoms with Gasteiger partial charge in [-0.05, 0) is 37.5 Å². The average molecular weight is 352 g/mol. The van der Waals surface area contributed by atoms with Crippen molar-refractivity contribution in [2.75, 3.05) is 0 Å². The molecule has 0 aromatic heterocycles. The van der Waals surface area contributed by atoms with E-state index in [9.17, 15) is 4.79 Å². The summed E-state index contributed by atoms with van der Waals surface area (Å²) >= 11 is 0. The maximum absolute atomic E-state index is 10.5. The quantitative estimate of drug-likeness (QED) is 0.317. The molecular formula is C20H42NNaO2. The third kappa shape index (κ3) is 20.2. The van der Waals surface area contributed by atoms with Crippen molar-refractivity contribution in [3.8, 4) is 0 Å². The van der Waals surface area contributed by atoms with Gasteiger partial charge in [-0.3, -0.25) is 0 Å². The molecule has 0 spiro atoms. The van der Waals surface area contributed by atoms with Crippen LogP contribution in [0.2, 0.25) is 0 Å². The summed E-state index contributed by atoms with van der Waals surface area (Å²) in [7, 11) is 0. The second kappa shape index (κ2) is 18.0. The normalized spacial score (nSPS) is 13.8. The van der Waals surface area contributed by atoms with Gasteiger partial charge in [-0.25, -0.2) is 4.79 Å². The van der Waals surface area contributed by atoms with Crippen molar-refractivity contribution in [1.29, 1.82) is 0 Å². The molecule has 0 fully saturated rings. The first-order chi connectivity index (χ1) is 10.3. The number of rotatable bonds is 13. The number of allylic oxidation sites excluding steroid dienone is 1. The van der Waals surface area contributed by atoms with Crippen LogP contribution in [0.15, 0.2) is 11.6 Å². The zero-order chi connectivity index (χ0) is 17.0. The third-order valence-corrected chi connectivity index (χ3v) is 4.51. The molecule has 24 heavy (non-hydrogen) atoms. The van der Waals surface area contributed by atoms with Gasteiger partial charge in [-0.1, -0.05) is 78.2 Å². The molecule has 0 aliphatic carbocycles. The summed E-state index contributed by atoms with van der Waals surface area (Å²) in [5.41, 5.74) is 0.985. The number of hydrogen-bond acceptors (Lipinski definition) is 2. The first-order valence-corrected chi connectivity index (χ1v) is 9.21. The van der Waals surface area contributed by atoms with Gasteiger partial charge in [-0.2, -0.15) is 0 Å². The number of carboxylic acids is 1. The van der Waals surface area contributed by atoms with Crippen LogP contribution in [0.1, 0.15) is 92.4 Å². The fourth-order valence-electron chi connectivity index (χ4n) is 2.99. The first kappa shape index (κ1) is 29.0. The van der Waals surface area contributed by atoms with Gasteiger partial charge in [0.1, 0.15) is 0 Å². The predicted octanol–water partition coefficient (Wildman–Crippen LogP) is 5.97. The molecule has 0 aliphatic rings. The standard InChI is InChI=1S/C20H38O2.H3N.Na.H/c1-16(2)9-6-10-17(3)11-7-12-18(4)13-8-14-19(5)15-20(21)22;;;/h15-18H,6-14H2,1-5H3,(H,21,22);1H3;;/b19-15+;;;/t17-,18-;;;/m1.../s1. The molecule has 2 atom stereocenters. The molecule has 0 saturated carbocycles. The molecular weight excluding hydrogens is 309 g/mol. The van der Waals surface area contributed by atoms with Crippen molar-refractivity contribution in [1.82, 2.24) is 6.15 Å². The van der Waals surface area contributed by atoms with Gasteiger partial charge in [0.15, 0.2) is 0 Å². The van der Waals surface area contributed by atoms with Crippen molar-refractivity contribution in [2.45, 2.75) is 92.4 Å². The summed E-state index contributed by atoms with van der Waals surface area (Å²) < 4.78 is 0. The van der Waals surface area contributed by atoms with Gasteiger partial charge in [0.25, 0.3) is 0 Å². The Balaban J connectivity index is -0.00000220. The summed E-state index contributed by atoms with van der Waals surface area (Å²) in [6, 6.07) is 0. The Hall–Kier alpha value is 0.170. The van der Waals surface area contributed by atoms with E-state index in [-0.39, 0.29) is 35.7 Å². The van der Waals surface area contributed by atoms with Crippen LogP contribution in [-0.4, -0.2) is 40.6 Å². The monoisotopic (exact) mass is 351 g/mol. The van der Waals surface area contributed by atoms with Gasteiger partial charge in [0, 0.05) is 6.08 Å². The van der Waals surface area contributed by atoms with Crippen LogP contribution >= 0.6 is 0 Å². The topological polar surface area (TPSA) is 72.3 Å². The van der Waals surface area contributed by atoms with Gasteiger partial charge in [0.05, 0.1) is 0 Å². The molecule has 0 rings (SSSR count). The molecule has 0 radical (unpaired) electrons. The minimum absolute atomic E-state index is 0. The maximum atomic E-state index is 10.5. The van der Waals surface area contributed by atoms with Crippen LogP contribution in [0.5, 0.6) is 0 Å². The van der Waals surface area contributed by atoms with Crippen molar-refractivity contribution < 1.29 is 9.90 Å². The SMILES string of the molecule is C/C(=C\C(=O)O)CCC[C@H](C)CCC[C@H](C)CCCC(C)C.N.[NaH]. The van der Waals surface area contributed by atoms with Gasteiger partial charge < -0.3 is 11.3 Å². The molecule has 0 unspecified atom stereocenters. The van der Waals surface area contributed by atoms with Crippen LogP contribution in [0, 0.1) is 17.8 Å². The summed E-state index contributed by atoms with van der Waals surface area (Å²) in [4.78, 5) is 10.5. The van der Waals surface area contributed by atoms with E-state index in [1.165, 1.54) is 51.0 Å². The Kier molecular flexibility index (Phi) is 21.7. The molecule has 0 aromatic rings. The van der Waals surface area contributed by atoms with E-state index in [1.54, 1.807) is 0 Å². The Morgan fingerprint density at radius 3 is 1.71 bits per heavy atom. The minimum atomic E-state index is -0.822. The van der Waals surface area contributed by atoms with Crippen molar-refractivity contribution >= 4 is 35.5 Å². The Labute approximate surface area is 172 Å². The third-order valence-electron chi connectivity index (χ3n) is 4.51. The fraction of sp³-hybridized carbons (Fsp3) is 0.850. The zero-order valence-electron chi connectivity index (χ0n) is 16.2. The molecule has 3 nitrogen and oxygen atoms in total. The zero-order valence-corrected chi connectivity index (χ0v) is 16.2. The summed E-state index contributed by atoms with van der Waals surface area (Å²) in [5.74, 6) is 1.65. The number of aliphatic carboxylic acids is 1. The Morgan fingerprint density at radius 1 is 0.875 bits per heavy atom. The molecule has 0 heterocycles. The van der Waals surface area contributed by atoms with Crippen LogP contribution in [0.25, 0.3) is 0 Å². The number of carbonyl (C=O) groups is 1. The van der Waals surface area contributed by atoms with Crippen molar-refractivity contribution in [3.63, 3.8) is 0 Å². The summed E-state index contributed by atoms with van der Waals surface area (Å²) in [6.07, 6.45) is 12.7. The van der Waals surface area contributed by atoms with E-state index < -0.39 is 5.97 Å². The number of carboxylic acid groups (broad SMARTS) is 1. The van der Waals surface area contributed by atoms with E-state index in [0.29, 0.717) is 0 Å². The van der Waals surface area contributed by atoms with Crippen LogP contribution in [-0.2, 0) is 4.79 Å². The van der Waals surface area contributed by atoms with Crippen molar-refractivity contribution in [2.24, 2.45) is 17.8 Å². The number of hydrogen-bond donors (Lipinski definition) is 2. The van der Waals surface area contributed by atoms with Crippen molar-refractivity contribution in [3.05, 3.63) is 11.6 Å². The predicted molar refractivity (Wildman–Crippen MR) is 108 cm³/mol. The summed E-state index contributed by atoms with van der Waals surface area (Å²) in [6.45, 7) is 11.3. The van der Waals surface area contributed by atoms with E-state index in [2.05, 4.69) is 27.7 Å². The molecule has 0 aliphatic heterocycles. The summed E-state index contributed by atoms with van der Waals surface area (Å²) in [5, 5.41) is 8.68. The molecule has 0 saturated heterocycles. The molecule has 0 aromatic carbocycles. The van der Waals surface area contributed by atoms with E-state index >= 15 is 0 Å². The Bertz CT molecular complexity index is 330. The Morgan fingerprint density at radius 2 is 1.29 bits per heavy atom. The van der Waals surface area contributed by atoms with E-state index in [0.717, 1.165) is 36.2 Å².